The van der Waals surface area contributed by atoms with Gasteiger partial charge in [-0.25, -0.2) is 0 Å². The summed E-state index contributed by atoms with van der Waals surface area (Å²) in [4.78, 5) is 54.7. The number of likely N-dealkylation sites (tertiary alicyclic amines) is 2. The van der Waals surface area contributed by atoms with Gasteiger partial charge < -0.3 is 20.4 Å². The largest absolute Gasteiger partial charge is 0.330 e. The van der Waals surface area contributed by atoms with Crippen molar-refractivity contribution in [3.05, 3.63) is 54.6 Å². The molecule has 4 fully saturated rings. The summed E-state index contributed by atoms with van der Waals surface area (Å²) in [5, 5.41) is 10.7. The molecule has 0 radical (unpaired) electrons. The number of carbonyl (C=O) groups excluding carboxylic acids is 4. The van der Waals surface area contributed by atoms with Gasteiger partial charge in [0.05, 0.1) is 11.4 Å². The molecule has 0 spiro atoms. The van der Waals surface area contributed by atoms with Crippen molar-refractivity contribution >= 4 is 35.0 Å². The van der Waals surface area contributed by atoms with E-state index in [4.69, 9.17) is 5.10 Å². The summed E-state index contributed by atoms with van der Waals surface area (Å²) in [7, 11) is 1.89. The molecule has 2 aliphatic carbocycles. The van der Waals surface area contributed by atoms with Gasteiger partial charge >= 0.3 is 0 Å². The third kappa shape index (κ3) is 5.73. The molecule has 3 heterocycles. The number of anilines is 2. The number of carbonyl (C=O) groups is 4. The minimum Gasteiger partial charge on any atom is -0.330 e. The lowest BCUT2D eigenvalue weighted by molar-refractivity contribution is -0.137. The Bertz CT molecular complexity index is 1590. The SMILES string of the molecule is Cn1nc(-c2ccc(NC(=O)C3CCCN3C(=O)C3CC3)cc2)cc1-c1ccc(NC(=O)C2CCCN2C(=O)C2CC2)cc1. The Morgan fingerprint density at radius 3 is 1.57 bits per heavy atom. The summed E-state index contributed by atoms with van der Waals surface area (Å²) in [5.41, 5.74) is 4.99. The second-order valence-corrected chi connectivity index (χ2v) is 12.6. The molecular formula is C34H38N6O4. The first-order chi connectivity index (χ1) is 21.4. The van der Waals surface area contributed by atoms with E-state index in [1.165, 1.54) is 0 Å². The third-order valence-corrected chi connectivity index (χ3v) is 9.31. The molecule has 2 atom stereocenters. The Hall–Kier alpha value is -4.47. The van der Waals surface area contributed by atoms with Gasteiger partial charge in [-0.2, -0.15) is 5.10 Å². The number of aryl methyl sites for hydroxylation is 1. The number of benzene rings is 2. The standard InChI is InChI=1S/C34H38N6O4/c1-38-30(22-12-16-26(17-13-22)36-32(42)29-5-3-19-40(29)34(44)24-8-9-24)20-27(37-38)21-10-14-25(15-11-21)35-31(41)28-4-2-18-39(28)33(43)23-6-7-23/h10-17,20,23-24,28-29H,2-9,18-19H2,1H3,(H,35,41)(H,36,42). The van der Waals surface area contributed by atoms with Crippen molar-refractivity contribution in [3.8, 4) is 22.5 Å². The van der Waals surface area contributed by atoms with Crippen molar-refractivity contribution in [2.75, 3.05) is 23.7 Å². The second kappa shape index (κ2) is 11.6. The summed E-state index contributed by atoms with van der Waals surface area (Å²) in [6, 6.07) is 16.5. The van der Waals surface area contributed by atoms with E-state index >= 15 is 0 Å². The number of amides is 4. The Morgan fingerprint density at radius 1 is 0.659 bits per heavy atom. The number of nitrogens with one attached hydrogen (secondary N) is 2. The van der Waals surface area contributed by atoms with Gasteiger partial charge in [0.25, 0.3) is 0 Å². The lowest BCUT2D eigenvalue weighted by atomic mass is 10.1. The molecule has 4 amide bonds. The van der Waals surface area contributed by atoms with Crippen LogP contribution in [0.5, 0.6) is 0 Å². The molecule has 3 aromatic rings. The van der Waals surface area contributed by atoms with Gasteiger partial charge in [-0.1, -0.05) is 24.3 Å². The number of hydrogen-bond acceptors (Lipinski definition) is 5. The minimum absolute atomic E-state index is 0.113. The van der Waals surface area contributed by atoms with Crippen LogP contribution in [0.3, 0.4) is 0 Å². The predicted molar refractivity (Wildman–Crippen MR) is 166 cm³/mol. The molecule has 2 unspecified atom stereocenters. The number of aromatic nitrogens is 2. The van der Waals surface area contributed by atoms with Gasteiger partial charge in [0.2, 0.25) is 23.6 Å². The molecule has 4 aliphatic rings. The van der Waals surface area contributed by atoms with Crippen LogP contribution in [0.2, 0.25) is 0 Å². The molecule has 0 bridgehead atoms. The third-order valence-electron chi connectivity index (χ3n) is 9.31. The number of nitrogens with zero attached hydrogens (tertiary/aromatic N) is 4. The molecule has 10 nitrogen and oxygen atoms in total. The van der Waals surface area contributed by atoms with Gasteiger partial charge in [-0.15, -0.1) is 0 Å². The normalized spacial score (nSPS) is 21.4. The first-order valence-electron chi connectivity index (χ1n) is 15.8. The Balaban J connectivity index is 0.978. The lowest BCUT2D eigenvalue weighted by Gasteiger charge is -2.24. The molecule has 2 N–H and O–H groups in total. The summed E-state index contributed by atoms with van der Waals surface area (Å²) in [5.74, 6) is 0.224. The molecule has 1 aromatic heterocycles. The van der Waals surface area contributed by atoms with Crippen molar-refractivity contribution in [1.82, 2.24) is 19.6 Å². The van der Waals surface area contributed by atoms with Crippen LogP contribution in [-0.4, -0.2) is 68.4 Å². The van der Waals surface area contributed by atoms with Crippen LogP contribution in [0, 0.1) is 11.8 Å². The fraction of sp³-hybridized carbons (Fsp3) is 0.441. The van der Waals surface area contributed by atoms with E-state index in [2.05, 4.69) is 10.6 Å². The van der Waals surface area contributed by atoms with Gasteiger partial charge in [-0.05, 0) is 87.3 Å². The number of hydrogen-bond donors (Lipinski definition) is 2. The minimum atomic E-state index is -0.394. The first kappa shape index (κ1) is 28.3. The van der Waals surface area contributed by atoms with Crippen LogP contribution in [0.25, 0.3) is 22.5 Å². The zero-order valence-corrected chi connectivity index (χ0v) is 25.0. The molecule has 7 rings (SSSR count). The van der Waals surface area contributed by atoms with Gasteiger partial charge in [-0.3, -0.25) is 23.9 Å². The average molecular weight is 595 g/mol. The first-order valence-corrected chi connectivity index (χ1v) is 15.8. The molecule has 2 aliphatic heterocycles. The maximum absolute atomic E-state index is 13.0. The molecule has 2 saturated heterocycles. The summed E-state index contributed by atoms with van der Waals surface area (Å²) >= 11 is 0. The highest BCUT2D eigenvalue weighted by molar-refractivity contribution is 5.99. The zero-order chi connectivity index (χ0) is 30.4. The van der Waals surface area contributed by atoms with E-state index in [0.29, 0.717) is 37.3 Å². The van der Waals surface area contributed by atoms with Crippen molar-refractivity contribution in [2.24, 2.45) is 18.9 Å². The van der Waals surface area contributed by atoms with Crippen molar-refractivity contribution in [2.45, 2.75) is 63.5 Å². The molecule has 228 valence electrons. The van der Waals surface area contributed by atoms with Crippen LogP contribution in [-0.2, 0) is 26.2 Å². The van der Waals surface area contributed by atoms with Crippen LogP contribution < -0.4 is 10.6 Å². The van der Waals surface area contributed by atoms with Gasteiger partial charge in [0.1, 0.15) is 12.1 Å². The molecular weight excluding hydrogens is 556 g/mol. The fourth-order valence-electron chi connectivity index (χ4n) is 6.51. The quantitative estimate of drug-likeness (QED) is 0.400. The van der Waals surface area contributed by atoms with Crippen molar-refractivity contribution in [3.63, 3.8) is 0 Å². The smallest absolute Gasteiger partial charge is 0.247 e. The maximum Gasteiger partial charge on any atom is 0.247 e. The summed E-state index contributed by atoms with van der Waals surface area (Å²) in [6.45, 7) is 1.32. The highest BCUT2D eigenvalue weighted by atomic mass is 16.2. The summed E-state index contributed by atoms with van der Waals surface area (Å²) < 4.78 is 1.82. The predicted octanol–water partition coefficient (Wildman–Crippen LogP) is 4.43. The van der Waals surface area contributed by atoms with E-state index in [1.54, 1.807) is 9.80 Å². The van der Waals surface area contributed by atoms with Crippen LogP contribution in [0.1, 0.15) is 51.4 Å². The molecule has 44 heavy (non-hydrogen) atoms. The second-order valence-electron chi connectivity index (χ2n) is 12.6. The molecule has 2 aromatic carbocycles. The highest BCUT2D eigenvalue weighted by Crippen LogP contribution is 2.35. The maximum atomic E-state index is 13.0. The van der Waals surface area contributed by atoms with Gasteiger partial charge in [0.15, 0.2) is 0 Å². The Morgan fingerprint density at radius 2 is 1.11 bits per heavy atom. The van der Waals surface area contributed by atoms with E-state index < -0.39 is 12.1 Å². The van der Waals surface area contributed by atoms with Gasteiger partial charge in [0, 0.05) is 48.9 Å². The van der Waals surface area contributed by atoms with E-state index in [-0.39, 0.29) is 35.5 Å². The van der Waals surface area contributed by atoms with Crippen molar-refractivity contribution < 1.29 is 19.2 Å². The Kier molecular flexibility index (Phi) is 7.43. The number of rotatable bonds is 8. The van der Waals surface area contributed by atoms with E-state index in [1.807, 2.05) is 66.3 Å². The topological polar surface area (TPSA) is 117 Å². The molecule has 10 heteroatoms. The lowest BCUT2D eigenvalue weighted by Crippen LogP contribution is -2.43. The highest BCUT2D eigenvalue weighted by Gasteiger charge is 2.42. The van der Waals surface area contributed by atoms with Crippen LogP contribution in [0.15, 0.2) is 54.6 Å². The van der Waals surface area contributed by atoms with E-state index in [0.717, 1.165) is 61.0 Å². The average Bonchev–Trinajstić information content (AvgIpc) is 3.92. The zero-order valence-electron chi connectivity index (χ0n) is 25.0. The molecule has 2 saturated carbocycles. The van der Waals surface area contributed by atoms with Crippen LogP contribution >= 0.6 is 0 Å². The fourth-order valence-corrected chi connectivity index (χ4v) is 6.51. The van der Waals surface area contributed by atoms with Crippen LogP contribution in [0.4, 0.5) is 11.4 Å². The monoisotopic (exact) mass is 594 g/mol. The van der Waals surface area contributed by atoms with Crippen molar-refractivity contribution in [1.29, 1.82) is 0 Å². The summed E-state index contributed by atoms with van der Waals surface area (Å²) in [6.07, 6.45) is 6.87. The van der Waals surface area contributed by atoms with E-state index in [9.17, 15) is 19.2 Å². The Labute approximate surface area is 256 Å².